The van der Waals surface area contributed by atoms with E-state index in [9.17, 15) is 19.5 Å². The van der Waals surface area contributed by atoms with Crippen LogP contribution >= 0.6 is 0 Å². The van der Waals surface area contributed by atoms with E-state index in [1.807, 2.05) is 32.9 Å². The van der Waals surface area contributed by atoms with Gasteiger partial charge in [0.15, 0.2) is 0 Å². The third-order valence-corrected chi connectivity index (χ3v) is 6.69. The van der Waals surface area contributed by atoms with Gasteiger partial charge in [-0.2, -0.15) is 0 Å². The summed E-state index contributed by atoms with van der Waals surface area (Å²) in [5.74, 6) is -1.81. The molecule has 0 heterocycles. The Labute approximate surface area is 200 Å². The molecule has 0 radical (unpaired) electrons. The Balaban J connectivity index is 1.83. The molecular formula is C26H34N4O4. The third kappa shape index (κ3) is 5.50. The Morgan fingerprint density at radius 2 is 1.59 bits per heavy atom. The zero-order valence-electron chi connectivity index (χ0n) is 20.2. The smallest absolute Gasteiger partial charge is 0.329 e. The molecule has 0 saturated heterocycles. The molecule has 0 spiro atoms. The fraction of sp³-hybridized carbons (Fsp3) is 0.423. The van der Waals surface area contributed by atoms with Crippen LogP contribution in [-0.2, 0) is 4.79 Å². The fourth-order valence-corrected chi connectivity index (χ4v) is 4.82. The van der Waals surface area contributed by atoms with Gasteiger partial charge < -0.3 is 26.8 Å². The molecule has 1 aliphatic carbocycles. The van der Waals surface area contributed by atoms with E-state index >= 15 is 0 Å². The lowest BCUT2D eigenvalue weighted by Gasteiger charge is -2.37. The molecule has 1 fully saturated rings. The monoisotopic (exact) mass is 466 g/mol. The molecule has 34 heavy (non-hydrogen) atoms. The summed E-state index contributed by atoms with van der Waals surface area (Å²) in [6, 6.07) is 7.95. The zero-order chi connectivity index (χ0) is 25.0. The van der Waals surface area contributed by atoms with Gasteiger partial charge in [0.05, 0.1) is 11.3 Å². The molecule has 2 aromatic rings. The van der Waals surface area contributed by atoms with Crippen molar-refractivity contribution in [3.8, 4) is 0 Å². The minimum Gasteiger partial charge on any atom is -0.480 e. The number of carbonyl (C=O) groups is 3. The first-order chi connectivity index (χ1) is 16.0. The van der Waals surface area contributed by atoms with Crippen LogP contribution in [0.2, 0.25) is 0 Å². The number of amides is 3. The maximum Gasteiger partial charge on any atom is 0.329 e. The number of aryl methyl sites for hydroxylation is 3. The molecule has 2 aromatic carbocycles. The number of nitrogens with one attached hydrogen (secondary N) is 3. The summed E-state index contributed by atoms with van der Waals surface area (Å²) in [6.45, 7) is 7.36. The van der Waals surface area contributed by atoms with Crippen molar-refractivity contribution >= 4 is 35.0 Å². The number of carbonyl (C=O) groups excluding carboxylic acids is 2. The Hall–Kier alpha value is -3.55. The number of benzene rings is 2. The predicted molar refractivity (Wildman–Crippen MR) is 134 cm³/mol. The van der Waals surface area contributed by atoms with Crippen LogP contribution in [0.5, 0.6) is 0 Å². The van der Waals surface area contributed by atoms with E-state index in [1.54, 1.807) is 13.0 Å². The molecular weight excluding hydrogens is 432 g/mol. The number of hydrogen-bond acceptors (Lipinski definition) is 4. The van der Waals surface area contributed by atoms with E-state index in [0.717, 1.165) is 48.8 Å². The van der Waals surface area contributed by atoms with Gasteiger partial charge in [0.2, 0.25) is 0 Å². The van der Waals surface area contributed by atoms with Gasteiger partial charge in [0.1, 0.15) is 5.54 Å². The number of anilines is 3. The van der Waals surface area contributed by atoms with Crippen LogP contribution in [0, 0.1) is 26.7 Å². The molecule has 8 nitrogen and oxygen atoms in total. The molecule has 6 N–H and O–H groups in total. The number of carboxylic acids is 1. The Bertz CT molecular complexity index is 1080. The molecule has 182 valence electrons. The van der Waals surface area contributed by atoms with Crippen molar-refractivity contribution in [2.24, 2.45) is 5.92 Å². The van der Waals surface area contributed by atoms with Crippen LogP contribution in [0.15, 0.2) is 30.3 Å². The number of carboxylic acid groups (broad SMARTS) is 1. The van der Waals surface area contributed by atoms with Crippen molar-refractivity contribution in [1.82, 2.24) is 5.32 Å². The maximum absolute atomic E-state index is 13.2. The Kier molecular flexibility index (Phi) is 7.49. The highest BCUT2D eigenvalue weighted by atomic mass is 16.4. The molecule has 0 aromatic heterocycles. The van der Waals surface area contributed by atoms with Crippen molar-refractivity contribution in [2.45, 2.75) is 65.3 Å². The van der Waals surface area contributed by atoms with E-state index in [0.29, 0.717) is 11.4 Å². The van der Waals surface area contributed by atoms with Crippen LogP contribution < -0.4 is 21.7 Å². The van der Waals surface area contributed by atoms with Gasteiger partial charge in [0, 0.05) is 11.4 Å². The summed E-state index contributed by atoms with van der Waals surface area (Å²) >= 11 is 0. The molecule has 3 rings (SSSR count). The summed E-state index contributed by atoms with van der Waals surface area (Å²) in [5.41, 5.74) is 8.84. The van der Waals surface area contributed by atoms with Crippen LogP contribution in [0.25, 0.3) is 0 Å². The van der Waals surface area contributed by atoms with Gasteiger partial charge in [-0.3, -0.25) is 4.79 Å². The van der Waals surface area contributed by atoms with Crippen molar-refractivity contribution in [3.63, 3.8) is 0 Å². The van der Waals surface area contributed by atoms with Crippen molar-refractivity contribution in [3.05, 3.63) is 52.6 Å². The Morgan fingerprint density at radius 1 is 0.971 bits per heavy atom. The van der Waals surface area contributed by atoms with Crippen LogP contribution in [0.1, 0.15) is 66.1 Å². The van der Waals surface area contributed by atoms with Crippen molar-refractivity contribution in [2.75, 3.05) is 16.4 Å². The van der Waals surface area contributed by atoms with Crippen molar-refractivity contribution < 1.29 is 19.5 Å². The average Bonchev–Trinajstić information content (AvgIpc) is 2.76. The van der Waals surface area contributed by atoms with Gasteiger partial charge in [0.25, 0.3) is 5.91 Å². The number of aliphatic carboxylic acids is 1. The van der Waals surface area contributed by atoms with Crippen molar-refractivity contribution in [1.29, 1.82) is 0 Å². The molecule has 0 bridgehead atoms. The number of nitrogens with two attached hydrogens (primary N) is 1. The number of rotatable bonds is 6. The van der Waals surface area contributed by atoms with E-state index in [4.69, 9.17) is 5.73 Å². The highest BCUT2D eigenvalue weighted by Crippen LogP contribution is 2.33. The molecule has 8 heteroatoms. The summed E-state index contributed by atoms with van der Waals surface area (Å²) in [4.78, 5) is 38.2. The van der Waals surface area contributed by atoms with Gasteiger partial charge >= 0.3 is 12.0 Å². The maximum atomic E-state index is 13.2. The second-order valence-electron chi connectivity index (χ2n) is 9.45. The van der Waals surface area contributed by atoms with Gasteiger partial charge in [-0.1, -0.05) is 37.0 Å². The SMILES string of the molecule is Cc1cc(C)c(NC(=O)Nc2cc(N)ccc2C(=O)N[C@](C)(C(=O)O)C2CCCCC2)c(C)c1. The molecule has 0 aliphatic heterocycles. The topological polar surface area (TPSA) is 134 Å². The van der Waals surface area contributed by atoms with E-state index in [2.05, 4.69) is 16.0 Å². The molecule has 1 saturated carbocycles. The first kappa shape index (κ1) is 25.1. The van der Waals surface area contributed by atoms with Crippen LogP contribution in [0.3, 0.4) is 0 Å². The first-order valence-electron chi connectivity index (χ1n) is 11.6. The lowest BCUT2D eigenvalue weighted by molar-refractivity contribution is -0.146. The van der Waals surface area contributed by atoms with Gasteiger partial charge in [-0.05, 0) is 75.8 Å². The highest BCUT2D eigenvalue weighted by molar-refractivity contribution is 6.08. The number of hydrogen-bond donors (Lipinski definition) is 5. The Morgan fingerprint density at radius 3 is 2.18 bits per heavy atom. The normalized spacial score (nSPS) is 15.8. The quantitative estimate of drug-likeness (QED) is 0.382. The fourth-order valence-electron chi connectivity index (χ4n) is 4.82. The van der Waals surface area contributed by atoms with Crippen LogP contribution in [-0.4, -0.2) is 28.6 Å². The standard InChI is InChI=1S/C26H34N4O4/c1-15-12-16(2)22(17(3)13-15)29-25(34)28-21-14-19(27)10-11-20(21)23(31)30-26(4,24(32)33)18-8-6-5-7-9-18/h10-14,18H,5-9,27H2,1-4H3,(H,30,31)(H,32,33)(H2,28,29,34)/t26-/m0/s1. The third-order valence-electron chi connectivity index (χ3n) is 6.69. The van der Waals surface area contributed by atoms with Crippen LogP contribution in [0.4, 0.5) is 21.9 Å². The highest BCUT2D eigenvalue weighted by Gasteiger charge is 2.43. The minimum atomic E-state index is -1.41. The second-order valence-corrected chi connectivity index (χ2v) is 9.45. The summed E-state index contributed by atoms with van der Waals surface area (Å²) in [5, 5.41) is 18.2. The summed E-state index contributed by atoms with van der Waals surface area (Å²) in [7, 11) is 0. The summed E-state index contributed by atoms with van der Waals surface area (Å²) < 4.78 is 0. The molecule has 1 atom stereocenters. The minimum absolute atomic E-state index is 0.144. The van der Waals surface area contributed by atoms with E-state index in [1.165, 1.54) is 12.1 Å². The molecule has 1 aliphatic rings. The lowest BCUT2D eigenvalue weighted by Crippen LogP contribution is -2.57. The lowest BCUT2D eigenvalue weighted by atomic mass is 9.75. The average molecular weight is 467 g/mol. The second kappa shape index (κ2) is 10.2. The molecule has 3 amide bonds. The first-order valence-corrected chi connectivity index (χ1v) is 11.6. The van der Waals surface area contributed by atoms with E-state index < -0.39 is 23.4 Å². The zero-order valence-corrected chi connectivity index (χ0v) is 20.2. The van der Waals surface area contributed by atoms with Gasteiger partial charge in [-0.15, -0.1) is 0 Å². The number of nitrogen functional groups attached to an aromatic ring is 1. The molecule has 0 unspecified atom stereocenters. The van der Waals surface area contributed by atoms with Gasteiger partial charge in [-0.25, -0.2) is 9.59 Å². The largest absolute Gasteiger partial charge is 0.480 e. The van der Waals surface area contributed by atoms with E-state index in [-0.39, 0.29) is 17.2 Å². The summed E-state index contributed by atoms with van der Waals surface area (Å²) in [6.07, 6.45) is 4.44. The predicted octanol–water partition coefficient (Wildman–Crippen LogP) is 4.99. The number of urea groups is 1.